The minimum Gasteiger partial charge on any atom is -0.465 e. The smallest absolute Gasteiger partial charge is 0.316 e. The van der Waals surface area contributed by atoms with E-state index in [-0.39, 0.29) is 30.6 Å². The number of ether oxygens (including phenoxy) is 1. The summed E-state index contributed by atoms with van der Waals surface area (Å²) in [4.78, 5) is 35.9. The summed E-state index contributed by atoms with van der Waals surface area (Å²) in [6.45, 7) is 5.60. The van der Waals surface area contributed by atoms with Crippen molar-refractivity contribution in [2.75, 3.05) is 6.61 Å². The van der Waals surface area contributed by atoms with Gasteiger partial charge in [-0.15, -0.1) is 0 Å². The highest BCUT2D eigenvalue weighted by Crippen LogP contribution is 2.54. The maximum absolute atomic E-state index is 12.2. The van der Waals surface area contributed by atoms with Crippen LogP contribution >= 0.6 is 0 Å². The third kappa shape index (κ3) is 1.62. The summed E-state index contributed by atoms with van der Waals surface area (Å²) in [6, 6.07) is 0. The minimum absolute atomic E-state index is 0.0826. The van der Waals surface area contributed by atoms with Crippen molar-refractivity contribution in [1.29, 1.82) is 0 Å². The van der Waals surface area contributed by atoms with Crippen LogP contribution in [0, 0.1) is 10.8 Å². The van der Waals surface area contributed by atoms with E-state index in [1.54, 1.807) is 20.8 Å². The quantitative estimate of drug-likeness (QED) is 0.701. The summed E-state index contributed by atoms with van der Waals surface area (Å²) in [5.41, 5.74) is -0.975. The van der Waals surface area contributed by atoms with E-state index in [1.165, 1.54) is 6.08 Å². The Labute approximate surface area is 106 Å². The van der Waals surface area contributed by atoms with Crippen molar-refractivity contribution in [3.63, 3.8) is 0 Å². The average molecular weight is 250 g/mol. The Kier molecular flexibility index (Phi) is 2.92. The summed E-state index contributed by atoms with van der Waals surface area (Å²) < 4.78 is 5.12. The molecular weight excluding hydrogens is 232 g/mol. The molecule has 0 spiro atoms. The van der Waals surface area contributed by atoms with Crippen LogP contribution in [0.1, 0.15) is 40.0 Å². The van der Waals surface area contributed by atoms with Crippen molar-refractivity contribution in [1.82, 2.24) is 0 Å². The van der Waals surface area contributed by atoms with Gasteiger partial charge in [-0.05, 0) is 38.8 Å². The predicted molar refractivity (Wildman–Crippen MR) is 64.8 cm³/mol. The molecule has 1 unspecified atom stereocenters. The summed E-state index contributed by atoms with van der Waals surface area (Å²) in [7, 11) is 0. The molecule has 0 amide bonds. The molecule has 0 heterocycles. The Morgan fingerprint density at radius 2 is 2.06 bits per heavy atom. The number of Topliss-reactive ketones (excluding diaryl/α,β-unsaturated/α-hetero) is 1. The summed E-state index contributed by atoms with van der Waals surface area (Å²) in [5, 5.41) is 0. The molecule has 1 fully saturated rings. The van der Waals surface area contributed by atoms with Gasteiger partial charge in [0.2, 0.25) is 0 Å². The lowest BCUT2D eigenvalue weighted by Gasteiger charge is -2.41. The molecule has 1 atom stereocenters. The lowest BCUT2D eigenvalue weighted by molar-refractivity contribution is -0.157. The summed E-state index contributed by atoms with van der Waals surface area (Å²) >= 11 is 0. The number of carbonyl (C=O) groups is 3. The molecule has 0 aromatic heterocycles. The molecule has 0 aromatic rings. The van der Waals surface area contributed by atoms with Gasteiger partial charge < -0.3 is 4.74 Å². The zero-order valence-electron chi connectivity index (χ0n) is 11.0. The number of rotatable bonds is 2. The van der Waals surface area contributed by atoms with Gasteiger partial charge in [-0.2, -0.15) is 0 Å². The third-order valence-corrected chi connectivity index (χ3v) is 4.11. The number of esters is 1. The van der Waals surface area contributed by atoms with Gasteiger partial charge in [0.25, 0.3) is 0 Å². The number of carbonyl (C=O) groups excluding carboxylic acids is 3. The monoisotopic (exact) mass is 250 g/mol. The normalized spacial score (nSPS) is 29.8. The highest BCUT2D eigenvalue weighted by molar-refractivity contribution is 6.05. The van der Waals surface area contributed by atoms with Crippen LogP contribution in [-0.2, 0) is 19.1 Å². The Balaban J connectivity index is 2.48. The molecule has 2 aliphatic carbocycles. The fourth-order valence-corrected chi connectivity index (χ4v) is 3.09. The molecule has 4 nitrogen and oxygen atoms in total. The Morgan fingerprint density at radius 1 is 1.39 bits per heavy atom. The van der Waals surface area contributed by atoms with Gasteiger partial charge in [0, 0.05) is 18.3 Å². The summed E-state index contributed by atoms with van der Waals surface area (Å²) in [5.74, 6) is -0.355. The van der Waals surface area contributed by atoms with Gasteiger partial charge in [-0.25, -0.2) is 0 Å². The molecule has 0 aromatic carbocycles. The second-order valence-corrected chi connectivity index (χ2v) is 5.55. The maximum atomic E-state index is 12.2. The molecule has 0 aliphatic heterocycles. The second kappa shape index (κ2) is 4.04. The molecule has 0 bridgehead atoms. The number of fused-ring (bicyclic) bond motifs is 1. The molecule has 0 radical (unpaired) electrons. The van der Waals surface area contributed by atoms with Crippen LogP contribution in [0.5, 0.6) is 0 Å². The molecule has 1 saturated carbocycles. The topological polar surface area (TPSA) is 60.4 Å². The lowest BCUT2D eigenvalue weighted by atomic mass is 9.60. The Morgan fingerprint density at radius 3 is 2.67 bits per heavy atom. The zero-order valence-corrected chi connectivity index (χ0v) is 11.0. The van der Waals surface area contributed by atoms with Crippen molar-refractivity contribution in [2.24, 2.45) is 10.8 Å². The van der Waals surface area contributed by atoms with E-state index in [4.69, 9.17) is 4.74 Å². The van der Waals surface area contributed by atoms with Gasteiger partial charge in [0.1, 0.15) is 5.78 Å². The lowest BCUT2D eigenvalue weighted by Crippen LogP contribution is -2.45. The SMILES string of the molecule is CCOC(=O)C12CCC(=O)C(C)(C)C1=CC(=O)C2. The first kappa shape index (κ1) is 13.0. The first-order valence-electron chi connectivity index (χ1n) is 6.30. The van der Waals surface area contributed by atoms with E-state index in [2.05, 4.69) is 0 Å². The summed E-state index contributed by atoms with van der Waals surface area (Å²) in [6.07, 6.45) is 2.36. The first-order valence-corrected chi connectivity index (χ1v) is 6.30. The van der Waals surface area contributed by atoms with E-state index in [1.807, 2.05) is 0 Å². The van der Waals surface area contributed by atoms with Gasteiger partial charge in [-0.1, -0.05) is 0 Å². The van der Waals surface area contributed by atoms with E-state index in [0.29, 0.717) is 18.4 Å². The van der Waals surface area contributed by atoms with Gasteiger partial charge in [0.15, 0.2) is 5.78 Å². The number of allylic oxidation sites excluding steroid dienone is 1. The highest BCUT2D eigenvalue weighted by atomic mass is 16.5. The van der Waals surface area contributed by atoms with Gasteiger partial charge in [0.05, 0.1) is 12.0 Å². The maximum Gasteiger partial charge on any atom is 0.316 e. The molecule has 18 heavy (non-hydrogen) atoms. The van der Waals surface area contributed by atoms with Crippen LogP contribution in [0.25, 0.3) is 0 Å². The first-order chi connectivity index (χ1) is 8.34. The average Bonchev–Trinajstić information content (AvgIpc) is 2.64. The standard InChI is InChI=1S/C14H18O4/c1-4-18-12(17)14-6-5-11(16)13(2,3)10(14)7-9(15)8-14/h7H,4-6,8H2,1-3H3. The molecule has 0 N–H and O–H groups in total. The highest BCUT2D eigenvalue weighted by Gasteiger charge is 2.57. The molecular formula is C14H18O4. The van der Waals surface area contributed by atoms with Crippen LogP contribution in [-0.4, -0.2) is 24.1 Å². The molecule has 4 heteroatoms. The molecule has 2 rings (SSSR count). The van der Waals surface area contributed by atoms with Crippen molar-refractivity contribution < 1.29 is 19.1 Å². The fraction of sp³-hybridized carbons (Fsp3) is 0.643. The van der Waals surface area contributed by atoms with Crippen LogP contribution < -0.4 is 0 Å². The van der Waals surface area contributed by atoms with E-state index < -0.39 is 10.8 Å². The van der Waals surface area contributed by atoms with Crippen molar-refractivity contribution >= 4 is 17.5 Å². The van der Waals surface area contributed by atoms with Crippen LogP contribution in [0.2, 0.25) is 0 Å². The number of hydrogen-bond donors (Lipinski definition) is 0. The second-order valence-electron chi connectivity index (χ2n) is 5.55. The minimum atomic E-state index is -0.884. The number of hydrogen-bond acceptors (Lipinski definition) is 4. The van der Waals surface area contributed by atoms with E-state index in [9.17, 15) is 14.4 Å². The van der Waals surface area contributed by atoms with Crippen LogP contribution in [0.3, 0.4) is 0 Å². The third-order valence-electron chi connectivity index (χ3n) is 4.11. The Hall–Kier alpha value is -1.45. The largest absolute Gasteiger partial charge is 0.465 e. The van der Waals surface area contributed by atoms with Gasteiger partial charge in [-0.3, -0.25) is 14.4 Å². The van der Waals surface area contributed by atoms with E-state index >= 15 is 0 Å². The van der Waals surface area contributed by atoms with Crippen LogP contribution in [0.4, 0.5) is 0 Å². The zero-order chi connectivity index (χ0) is 13.6. The van der Waals surface area contributed by atoms with Gasteiger partial charge >= 0.3 is 5.97 Å². The molecule has 2 aliphatic rings. The van der Waals surface area contributed by atoms with Crippen molar-refractivity contribution in [3.05, 3.63) is 11.6 Å². The van der Waals surface area contributed by atoms with Crippen LogP contribution in [0.15, 0.2) is 11.6 Å². The van der Waals surface area contributed by atoms with Crippen molar-refractivity contribution in [3.8, 4) is 0 Å². The van der Waals surface area contributed by atoms with Crippen molar-refractivity contribution in [2.45, 2.75) is 40.0 Å². The molecule has 0 saturated heterocycles. The Bertz CT molecular complexity index is 458. The number of ketones is 2. The predicted octanol–water partition coefficient (Wildman–Crippen LogP) is 1.82. The molecule has 98 valence electrons. The van der Waals surface area contributed by atoms with E-state index in [0.717, 1.165) is 0 Å². The fourth-order valence-electron chi connectivity index (χ4n) is 3.09.